The van der Waals surface area contributed by atoms with E-state index in [0.717, 1.165) is 28.5 Å². The number of rotatable bonds is 4. The summed E-state index contributed by atoms with van der Waals surface area (Å²) in [6, 6.07) is 16.8. The van der Waals surface area contributed by atoms with Gasteiger partial charge in [0, 0.05) is 17.0 Å². The first-order chi connectivity index (χ1) is 15.6. The fourth-order valence-electron chi connectivity index (χ4n) is 3.20. The zero-order valence-corrected chi connectivity index (χ0v) is 17.8. The first kappa shape index (κ1) is 20.1. The predicted molar refractivity (Wildman–Crippen MR) is 120 cm³/mol. The number of halogens is 2. The summed E-state index contributed by atoms with van der Waals surface area (Å²) in [4.78, 5) is 4.84. The molecule has 32 heavy (non-hydrogen) atoms. The number of benzene rings is 3. The highest BCUT2D eigenvalue weighted by molar-refractivity contribution is 7.07. The summed E-state index contributed by atoms with van der Waals surface area (Å²) >= 11 is 1.32. The predicted octanol–water partition coefficient (Wildman–Crippen LogP) is 5.65. The van der Waals surface area contributed by atoms with E-state index in [0.29, 0.717) is 16.3 Å². The van der Waals surface area contributed by atoms with Crippen molar-refractivity contribution < 1.29 is 18.3 Å². The van der Waals surface area contributed by atoms with E-state index in [1.165, 1.54) is 23.5 Å². The lowest BCUT2D eigenvalue weighted by Crippen LogP contribution is -2.11. The third-order valence-electron chi connectivity index (χ3n) is 4.88. The molecule has 0 saturated heterocycles. The largest absolute Gasteiger partial charge is 0.454 e. The minimum atomic E-state index is -0.735. The van der Waals surface area contributed by atoms with Gasteiger partial charge in [0.25, 0.3) is 0 Å². The number of hydrogen-bond acceptors (Lipinski definition) is 5. The van der Waals surface area contributed by atoms with E-state index >= 15 is 0 Å². The normalized spacial score (nSPS) is 13.3. The van der Waals surface area contributed by atoms with Gasteiger partial charge < -0.3 is 9.47 Å². The van der Waals surface area contributed by atoms with Crippen molar-refractivity contribution >= 4 is 23.2 Å². The molecule has 0 spiro atoms. The summed E-state index contributed by atoms with van der Waals surface area (Å²) in [7, 11) is 0. The zero-order valence-electron chi connectivity index (χ0n) is 17.0. The van der Waals surface area contributed by atoms with E-state index in [-0.39, 0.29) is 12.5 Å². The minimum absolute atomic E-state index is 0.0377. The summed E-state index contributed by atoms with van der Waals surface area (Å²) in [5, 5.41) is 6.52. The van der Waals surface area contributed by atoms with Crippen molar-refractivity contribution in [1.82, 2.24) is 4.68 Å². The molecule has 0 bridgehead atoms. The molecule has 1 aromatic heterocycles. The Morgan fingerprint density at radius 1 is 0.969 bits per heavy atom. The number of nitrogens with zero attached hydrogens (tertiary/aromatic N) is 3. The van der Waals surface area contributed by atoms with E-state index in [2.05, 4.69) is 10.1 Å². The van der Waals surface area contributed by atoms with Crippen LogP contribution in [0.25, 0.3) is 11.3 Å². The lowest BCUT2D eigenvalue weighted by molar-refractivity contribution is 0.174. The van der Waals surface area contributed by atoms with Crippen molar-refractivity contribution in [2.45, 2.75) is 6.92 Å². The number of thiazole rings is 1. The summed E-state index contributed by atoms with van der Waals surface area (Å²) in [5.74, 6) is -0.0438. The fraction of sp³-hybridized carbons (Fsp3) is 0.0833. The van der Waals surface area contributed by atoms with Crippen LogP contribution in [0.3, 0.4) is 0 Å². The highest BCUT2D eigenvalue weighted by atomic mass is 32.1. The van der Waals surface area contributed by atoms with Crippen LogP contribution in [0, 0.1) is 18.6 Å². The van der Waals surface area contributed by atoms with E-state index < -0.39 is 11.6 Å². The standard InChI is InChI=1S/C24H17F2N3O2S/c1-15-2-5-17(6-3-15)21-13-32-24(28-20-8-7-18(25)11-19(20)26)29(21)27-12-16-4-9-22-23(10-16)31-14-30-22/h2-13H,14H2,1H3. The second-order valence-corrected chi connectivity index (χ2v) is 7.98. The lowest BCUT2D eigenvalue weighted by Gasteiger charge is -2.05. The van der Waals surface area contributed by atoms with Crippen LogP contribution in [0.5, 0.6) is 11.5 Å². The highest BCUT2D eigenvalue weighted by Crippen LogP contribution is 2.32. The topological polar surface area (TPSA) is 48.1 Å². The number of ether oxygens (including phenoxy) is 2. The van der Waals surface area contributed by atoms with Crippen LogP contribution < -0.4 is 14.3 Å². The smallest absolute Gasteiger partial charge is 0.231 e. The molecule has 5 nitrogen and oxygen atoms in total. The second-order valence-electron chi connectivity index (χ2n) is 7.15. The molecule has 8 heteroatoms. The maximum atomic E-state index is 14.2. The molecule has 0 fully saturated rings. The van der Waals surface area contributed by atoms with Crippen molar-refractivity contribution in [2.24, 2.45) is 10.1 Å². The van der Waals surface area contributed by atoms with Gasteiger partial charge in [-0.2, -0.15) is 5.10 Å². The maximum absolute atomic E-state index is 14.2. The second kappa shape index (κ2) is 8.39. The Labute approximate surface area is 186 Å². The van der Waals surface area contributed by atoms with Gasteiger partial charge in [0.05, 0.1) is 11.9 Å². The van der Waals surface area contributed by atoms with E-state index in [9.17, 15) is 8.78 Å². The maximum Gasteiger partial charge on any atom is 0.231 e. The molecule has 0 aliphatic carbocycles. The molecule has 160 valence electrons. The summed E-state index contributed by atoms with van der Waals surface area (Å²) in [5.41, 5.74) is 3.72. The molecule has 0 unspecified atom stereocenters. The molecule has 0 atom stereocenters. The molecule has 5 rings (SSSR count). The average Bonchev–Trinajstić information content (AvgIpc) is 3.41. The minimum Gasteiger partial charge on any atom is -0.454 e. The molecule has 2 heterocycles. The van der Waals surface area contributed by atoms with Gasteiger partial charge in [-0.15, -0.1) is 11.3 Å². The molecular formula is C24H17F2N3O2S. The first-order valence-corrected chi connectivity index (χ1v) is 10.7. The van der Waals surface area contributed by atoms with E-state index in [1.54, 1.807) is 10.9 Å². The van der Waals surface area contributed by atoms with Gasteiger partial charge in [-0.3, -0.25) is 0 Å². The van der Waals surface area contributed by atoms with Crippen LogP contribution in [0.1, 0.15) is 11.1 Å². The van der Waals surface area contributed by atoms with Crippen molar-refractivity contribution in [3.63, 3.8) is 0 Å². The van der Waals surface area contributed by atoms with Crippen LogP contribution in [0.15, 0.2) is 76.1 Å². The lowest BCUT2D eigenvalue weighted by atomic mass is 10.1. The Morgan fingerprint density at radius 2 is 1.78 bits per heavy atom. The molecule has 0 N–H and O–H groups in total. The van der Waals surface area contributed by atoms with Crippen molar-refractivity contribution in [1.29, 1.82) is 0 Å². The number of aryl methyl sites for hydroxylation is 1. The monoisotopic (exact) mass is 449 g/mol. The van der Waals surface area contributed by atoms with Crippen LogP contribution >= 0.6 is 11.3 Å². The van der Waals surface area contributed by atoms with Gasteiger partial charge in [-0.1, -0.05) is 29.8 Å². The molecular weight excluding hydrogens is 432 g/mol. The highest BCUT2D eigenvalue weighted by Gasteiger charge is 2.13. The Hall–Kier alpha value is -3.78. The number of fused-ring (bicyclic) bond motifs is 1. The quantitative estimate of drug-likeness (QED) is 0.378. The SMILES string of the molecule is Cc1ccc(-c2csc(=Nc3ccc(F)cc3F)n2N=Cc2ccc3c(c2)OCO3)cc1. The molecule has 1 aliphatic rings. The molecule has 3 aromatic carbocycles. The Balaban J connectivity index is 1.61. The molecule has 0 amide bonds. The number of aromatic nitrogens is 1. The van der Waals surface area contributed by atoms with Gasteiger partial charge in [0.1, 0.15) is 11.5 Å². The van der Waals surface area contributed by atoms with Crippen LogP contribution in [0.4, 0.5) is 14.5 Å². The van der Waals surface area contributed by atoms with Gasteiger partial charge in [0.2, 0.25) is 11.6 Å². The molecule has 0 saturated carbocycles. The third-order valence-corrected chi connectivity index (χ3v) is 5.69. The van der Waals surface area contributed by atoms with Gasteiger partial charge in [0.15, 0.2) is 17.3 Å². The van der Waals surface area contributed by atoms with E-state index in [1.807, 2.05) is 54.8 Å². The fourth-order valence-corrected chi connectivity index (χ4v) is 4.05. The number of hydrogen-bond donors (Lipinski definition) is 0. The van der Waals surface area contributed by atoms with Crippen molar-refractivity contribution in [2.75, 3.05) is 6.79 Å². The van der Waals surface area contributed by atoms with Crippen LogP contribution in [-0.2, 0) is 0 Å². The van der Waals surface area contributed by atoms with Crippen LogP contribution in [-0.4, -0.2) is 17.7 Å². The molecule has 0 radical (unpaired) electrons. The average molecular weight is 449 g/mol. The Kier molecular flexibility index (Phi) is 5.28. The summed E-state index contributed by atoms with van der Waals surface area (Å²) in [6.45, 7) is 2.21. The van der Waals surface area contributed by atoms with Crippen molar-refractivity contribution in [3.8, 4) is 22.8 Å². The third kappa shape index (κ3) is 4.04. The van der Waals surface area contributed by atoms with Crippen molar-refractivity contribution in [3.05, 3.63) is 93.6 Å². The van der Waals surface area contributed by atoms with Gasteiger partial charge in [-0.25, -0.2) is 18.4 Å². The van der Waals surface area contributed by atoms with Gasteiger partial charge >= 0.3 is 0 Å². The molecule has 4 aromatic rings. The zero-order chi connectivity index (χ0) is 22.1. The van der Waals surface area contributed by atoms with E-state index in [4.69, 9.17) is 9.47 Å². The Bertz CT molecular complexity index is 1390. The molecule has 1 aliphatic heterocycles. The first-order valence-electron chi connectivity index (χ1n) is 9.78. The van der Waals surface area contributed by atoms with Gasteiger partial charge in [-0.05, 0) is 42.8 Å². The summed E-state index contributed by atoms with van der Waals surface area (Å²) in [6.07, 6.45) is 1.67. The Morgan fingerprint density at radius 3 is 2.59 bits per heavy atom. The van der Waals surface area contributed by atoms with Crippen LogP contribution in [0.2, 0.25) is 0 Å². The summed E-state index contributed by atoms with van der Waals surface area (Å²) < 4.78 is 39.9.